The van der Waals surface area contributed by atoms with Crippen LogP contribution in [0, 0.1) is 11.3 Å². The van der Waals surface area contributed by atoms with Crippen molar-refractivity contribution in [1.29, 1.82) is 5.26 Å². The fraction of sp³-hybridized carbons (Fsp3) is 0.350. The molecule has 0 N–H and O–H groups in total. The molecule has 1 fully saturated rings. The van der Waals surface area contributed by atoms with E-state index in [1.807, 2.05) is 9.30 Å². The molecule has 0 spiro atoms. The van der Waals surface area contributed by atoms with Crippen molar-refractivity contribution in [2.24, 2.45) is 0 Å². The van der Waals surface area contributed by atoms with Gasteiger partial charge in [-0.25, -0.2) is 0 Å². The predicted octanol–water partition coefficient (Wildman–Crippen LogP) is 1.91. The maximum absolute atomic E-state index is 12.7. The first-order valence-electron chi connectivity index (χ1n) is 9.43. The Balaban J connectivity index is 1.47. The molecule has 142 valence electrons. The molecule has 0 saturated carbocycles. The molecule has 3 heterocycles. The van der Waals surface area contributed by atoms with Gasteiger partial charge in [-0.2, -0.15) is 10.2 Å². The van der Waals surface area contributed by atoms with E-state index >= 15 is 0 Å². The average Bonchev–Trinajstić information content (AvgIpc) is 3.23. The Hall–Kier alpha value is -3.47. The number of nitrogens with zero attached hydrogens (tertiary/aromatic N) is 7. The molecule has 0 aliphatic carbocycles. The van der Waals surface area contributed by atoms with Crippen molar-refractivity contribution in [3.8, 4) is 6.07 Å². The molecule has 1 aromatic carbocycles. The van der Waals surface area contributed by atoms with Crippen LogP contribution in [0.25, 0.3) is 5.78 Å². The van der Waals surface area contributed by atoms with Crippen LogP contribution in [0.1, 0.15) is 35.0 Å². The van der Waals surface area contributed by atoms with Crippen LogP contribution in [0.4, 0.5) is 5.82 Å². The molecular formula is C20H21N7O. The molecule has 8 heteroatoms. The van der Waals surface area contributed by atoms with Gasteiger partial charge in [-0.15, -0.1) is 10.2 Å². The maximum atomic E-state index is 12.7. The van der Waals surface area contributed by atoms with Gasteiger partial charge >= 0.3 is 0 Å². The zero-order valence-corrected chi connectivity index (χ0v) is 15.7. The molecule has 1 amide bonds. The zero-order chi connectivity index (χ0) is 19.5. The number of fused-ring (bicyclic) bond motifs is 1. The normalized spacial score (nSPS) is 14.3. The van der Waals surface area contributed by atoms with Crippen molar-refractivity contribution in [2.75, 3.05) is 31.1 Å². The molecule has 4 rings (SSSR count). The molecule has 3 aromatic rings. The van der Waals surface area contributed by atoms with E-state index in [0.29, 0.717) is 43.1 Å². The Labute approximate surface area is 163 Å². The molecule has 1 aliphatic rings. The smallest absolute Gasteiger partial charge is 0.256 e. The molecule has 2 aromatic heterocycles. The lowest BCUT2D eigenvalue weighted by Gasteiger charge is -2.35. The first-order chi connectivity index (χ1) is 13.7. The maximum Gasteiger partial charge on any atom is 0.256 e. The van der Waals surface area contributed by atoms with Crippen molar-refractivity contribution in [3.63, 3.8) is 0 Å². The van der Waals surface area contributed by atoms with Crippen LogP contribution in [0.3, 0.4) is 0 Å². The van der Waals surface area contributed by atoms with E-state index < -0.39 is 0 Å². The number of carbonyl (C=O) groups is 1. The molecule has 8 nitrogen and oxygen atoms in total. The second-order valence-electron chi connectivity index (χ2n) is 6.83. The second-order valence-corrected chi connectivity index (χ2v) is 6.83. The third kappa shape index (κ3) is 3.39. The number of carbonyl (C=O) groups excluding carboxylic acids is 1. The minimum Gasteiger partial charge on any atom is -0.353 e. The van der Waals surface area contributed by atoms with Gasteiger partial charge in [0.05, 0.1) is 11.6 Å². The Kier molecular flexibility index (Phi) is 4.89. The number of nitriles is 1. The molecular weight excluding hydrogens is 354 g/mol. The fourth-order valence-corrected chi connectivity index (χ4v) is 3.48. The quantitative estimate of drug-likeness (QED) is 0.692. The lowest BCUT2D eigenvalue weighted by Crippen LogP contribution is -2.49. The molecule has 0 radical (unpaired) electrons. The number of hydrogen-bond acceptors (Lipinski definition) is 6. The van der Waals surface area contributed by atoms with Crippen molar-refractivity contribution in [1.82, 2.24) is 24.5 Å². The molecule has 0 bridgehead atoms. The number of anilines is 1. The van der Waals surface area contributed by atoms with E-state index in [2.05, 4.69) is 39.1 Å². The van der Waals surface area contributed by atoms with Crippen molar-refractivity contribution >= 4 is 17.5 Å². The van der Waals surface area contributed by atoms with E-state index in [4.69, 9.17) is 5.26 Å². The summed E-state index contributed by atoms with van der Waals surface area (Å²) < 4.78 is 1.93. The van der Waals surface area contributed by atoms with E-state index in [9.17, 15) is 4.79 Å². The van der Waals surface area contributed by atoms with Crippen molar-refractivity contribution in [2.45, 2.75) is 19.8 Å². The minimum absolute atomic E-state index is 0.00307. The Morgan fingerprint density at radius 3 is 2.61 bits per heavy atom. The number of benzene rings is 1. The summed E-state index contributed by atoms with van der Waals surface area (Å²) in [6, 6.07) is 10.9. The summed E-state index contributed by atoms with van der Waals surface area (Å²) in [6.45, 7) is 4.82. The summed E-state index contributed by atoms with van der Waals surface area (Å²) in [7, 11) is 0. The van der Waals surface area contributed by atoms with Crippen molar-refractivity contribution in [3.05, 3.63) is 53.5 Å². The first kappa shape index (κ1) is 17.9. The zero-order valence-electron chi connectivity index (χ0n) is 15.7. The summed E-state index contributed by atoms with van der Waals surface area (Å²) in [5, 5.41) is 17.0. The van der Waals surface area contributed by atoms with E-state index in [1.165, 1.54) is 0 Å². The third-order valence-corrected chi connectivity index (χ3v) is 5.01. The largest absolute Gasteiger partial charge is 0.353 e. The second kappa shape index (κ2) is 7.64. The van der Waals surface area contributed by atoms with Crippen molar-refractivity contribution < 1.29 is 4.79 Å². The summed E-state index contributed by atoms with van der Waals surface area (Å²) >= 11 is 0. The summed E-state index contributed by atoms with van der Waals surface area (Å²) in [5.41, 5.74) is 2.31. The van der Waals surface area contributed by atoms with Gasteiger partial charge in [0.2, 0.25) is 0 Å². The minimum atomic E-state index is -0.00307. The summed E-state index contributed by atoms with van der Waals surface area (Å²) in [5.74, 6) is 1.49. The highest BCUT2D eigenvalue weighted by atomic mass is 16.2. The monoisotopic (exact) mass is 375 g/mol. The summed E-state index contributed by atoms with van der Waals surface area (Å²) in [4.78, 5) is 21.4. The van der Waals surface area contributed by atoms with Gasteiger partial charge in [-0.05, 0) is 30.7 Å². The molecule has 0 atom stereocenters. The van der Waals surface area contributed by atoms with Crippen LogP contribution in [-0.2, 0) is 6.42 Å². The van der Waals surface area contributed by atoms with Gasteiger partial charge in [-0.1, -0.05) is 13.3 Å². The predicted molar refractivity (Wildman–Crippen MR) is 104 cm³/mol. The van der Waals surface area contributed by atoms with Gasteiger partial charge in [0.1, 0.15) is 12.1 Å². The van der Waals surface area contributed by atoms with Crippen LogP contribution in [0.5, 0.6) is 0 Å². The highest BCUT2D eigenvalue weighted by molar-refractivity contribution is 5.94. The Bertz CT molecular complexity index is 1030. The van der Waals surface area contributed by atoms with Crippen LogP contribution < -0.4 is 4.90 Å². The average molecular weight is 375 g/mol. The standard InChI is InChI=1S/C20H21N7O/c1-2-3-17-12-18(23-20-24-22-14-27(17)20)25-8-10-26(11-9-25)19(28)16-6-4-15(13-21)5-7-16/h4-7,12,14H,2-3,8-11H2,1H3. The number of amides is 1. The number of rotatable bonds is 4. The van der Waals surface area contributed by atoms with Crippen LogP contribution in [0.2, 0.25) is 0 Å². The van der Waals surface area contributed by atoms with Crippen LogP contribution >= 0.6 is 0 Å². The Morgan fingerprint density at radius 2 is 1.93 bits per heavy atom. The molecule has 1 aliphatic heterocycles. The topological polar surface area (TPSA) is 90.4 Å². The van der Waals surface area contributed by atoms with Gasteiger partial charge in [-0.3, -0.25) is 9.20 Å². The number of piperazine rings is 1. The molecule has 0 unspecified atom stereocenters. The lowest BCUT2D eigenvalue weighted by molar-refractivity contribution is 0.0746. The van der Waals surface area contributed by atoms with Crippen LogP contribution in [-0.4, -0.2) is 56.6 Å². The fourth-order valence-electron chi connectivity index (χ4n) is 3.48. The van der Waals surface area contributed by atoms with E-state index in [1.54, 1.807) is 30.6 Å². The van der Waals surface area contributed by atoms with E-state index in [-0.39, 0.29) is 5.91 Å². The van der Waals surface area contributed by atoms with Crippen LogP contribution in [0.15, 0.2) is 36.7 Å². The van der Waals surface area contributed by atoms with E-state index in [0.717, 1.165) is 24.4 Å². The molecule has 1 saturated heterocycles. The lowest BCUT2D eigenvalue weighted by atomic mass is 10.1. The van der Waals surface area contributed by atoms with Gasteiger partial charge in [0, 0.05) is 43.5 Å². The number of aromatic nitrogens is 4. The third-order valence-electron chi connectivity index (χ3n) is 5.01. The highest BCUT2D eigenvalue weighted by Gasteiger charge is 2.23. The highest BCUT2D eigenvalue weighted by Crippen LogP contribution is 2.19. The van der Waals surface area contributed by atoms with Gasteiger partial charge < -0.3 is 9.80 Å². The van der Waals surface area contributed by atoms with Gasteiger partial charge in [0.15, 0.2) is 0 Å². The number of aryl methyl sites for hydroxylation is 1. The summed E-state index contributed by atoms with van der Waals surface area (Å²) in [6.07, 6.45) is 3.66. The SMILES string of the molecule is CCCc1cc(N2CCN(C(=O)c3ccc(C#N)cc3)CC2)nc2nncn12. The number of hydrogen-bond donors (Lipinski definition) is 0. The first-order valence-corrected chi connectivity index (χ1v) is 9.43. The molecule has 28 heavy (non-hydrogen) atoms. The van der Waals surface area contributed by atoms with Gasteiger partial charge in [0.25, 0.3) is 11.7 Å². The Morgan fingerprint density at radius 1 is 1.18 bits per heavy atom.